The van der Waals surface area contributed by atoms with E-state index >= 15 is 0 Å². The van der Waals surface area contributed by atoms with Crippen molar-refractivity contribution in [3.63, 3.8) is 0 Å². The number of aryl methyl sites for hydroxylation is 1. The Kier molecular flexibility index (Phi) is 4.80. The smallest absolute Gasteiger partial charge is 0.208 e. The molecular formula is C17H26N6S. The van der Waals surface area contributed by atoms with E-state index in [-0.39, 0.29) is 0 Å². The second kappa shape index (κ2) is 7.19. The lowest BCUT2D eigenvalue weighted by Crippen LogP contribution is -2.40. The second-order valence-electron chi connectivity index (χ2n) is 7.18. The molecule has 2 aliphatic heterocycles. The summed E-state index contributed by atoms with van der Waals surface area (Å²) in [6, 6.07) is 0. The molecule has 7 heteroatoms. The van der Waals surface area contributed by atoms with Gasteiger partial charge in [-0.3, -0.25) is 9.58 Å². The van der Waals surface area contributed by atoms with E-state index in [0.29, 0.717) is 0 Å². The van der Waals surface area contributed by atoms with Gasteiger partial charge in [0, 0.05) is 38.4 Å². The van der Waals surface area contributed by atoms with Crippen molar-refractivity contribution < 1.29 is 0 Å². The zero-order valence-electron chi connectivity index (χ0n) is 14.3. The van der Waals surface area contributed by atoms with E-state index in [1.54, 1.807) is 11.3 Å². The van der Waals surface area contributed by atoms with Crippen LogP contribution in [0.2, 0.25) is 0 Å². The molecular weight excluding hydrogens is 320 g/mol. The molecule has 2 saturated heterocycles. The van der Waals surface area contributed by atoms with Crippen LogP contribution in [0.3, 0.4) is 0 Å². The quantitative estimate of drug-likeness (QED) is 0.851. The third kappa shape index (κ3) is 3.62. The van der Waals surface area contributed by atoms with Crippen LogP contribution in [-0.2, 0) is 13.6 Å². The summed E-state index contributed by atoms with van der Waals surface area (Å²) >= 11 is 1.66. The Hall–Kier alpha value is -1.47. The van der Waals surface area contributed by atoms with Crippen LogP contribution in [0.4, 0.5) is 5.13 Å². The minimum absolute atomic E-state index is 0.898. The van der Waals surface area contributed by atoms with E-state index in [1.165, 1.54) is 44.3 Å². The van der Waals surface area contributed by atoms with Gasteiger partial charge in [-0.15, -0.1) is 10.2 Å². The van der Waals surface area contributed by atoms with Gasteiger partial charge in [0.2, 0.25) is 5.13 Å². The summed E-state index contributed by atoms with van der Waals surface area (Å²) in [5.74, 6) is 1.81. The third-order valence-electron chi connectivity index (χ3n) is 5.62. The van der Waals surface area contributed by atoms with Crippen molar-refractivity contribution in [3.8, 4) is 0 Å². The molecule has 130 valence electrons. The summed E-state index contributed by atoms with van der Waals surface area (Å²) in [4.78, 5) is 5.00. The van der Waals surface area contributed by atoms with E-state index in [2.05, 4.69) is 31.3 Å². The van der Waals surface area contributed by atoms with Gasteiger partial charge in [-0.1, -0.05) is 11.3 Å². The number of nitrogens with zero attached hydrogens (tertiary/aromatic N) is 6. The normalized spacial score (nSPS) is 21.5. The van der Waals surface area contributed by atoms with Gasteiger partial charge in [0.25, 0.3) is 0 Å². The van der Waals surface area contributed by atoms with Gasteiger partial charge in [-0.25, -0.2) is 0 Å². The monoisotopic (exact) mass is 346 g/mol. The average Bonchev–Trinajstić information content (AvgIpc) is 3.28. The number of hydrogen-bond donors (Lipinski definition) is 0. The highest BCUT2D eigenvalue weighted by Gasteiger charge is 2.30. The van der Waals surface area contributed by atoms with E-state index in [9.17, 15) is 0 Å². The zero-order valence-corrected chi connectivity index (χ0v) is 15.2. The largest absolute Gasteiger partial charge is 0.347 e. The lowest BCUT2D eigenvalue weighted by atomic mass is 9.79. The van der Waals surface area contributed by atoms with Crippen LogP contribution in [0.15, 0.2) is 17.9 Å². The first-order valence-corrected chi connectivity index (χ1v) is 9.87. The third-order valence-corrected chi connectivity index (χ3v) is 6.37. The van der Waals surface area contributed by atoms with Crippen molar-refractivity contribution in [2.24, 2.45) is 18.9 Å². The van der Waals surface area contributed by atoms with Gasteiger partial charge in [0.05, 0.1) is 6.20 Å². The maximum absolute atomic E-state index is 4.28. The van der Waals surface area contributed by atoms with Crippen molar-refractivity contribution in [1.29, 1.82) is 0 Å². The molecule has 2 aliphatic rings. The molecule has 0 aromatic carbocycles. The van der Waals surface area contributed by atoms with E-state index in [0.717, 1.165) is 36.6 Å². The van der Waals surface area contributed by atoms with Crippen LogP contribution in [0.1, 0.15) is 31.2 Å². The summed E-state index contributed by atoms with van der Waals surface area (Å²) in [6.07, 6.45) is 9.46. The van der Waals surface area contributed by atoms with Crippen LogP contribution in [0.5, 0.6) is 0 Å². The first-order valence-electron chi connectivity index (χ1n) is 8.99. The summed E-state index contributed by atoms with van der Waals surface area (Å²) in [6.45, 7) is 5.81. The fraction of sp³-hybridized carbons (Fsp3) is 0.706. The Morgan fingerprint density at radius 3 is 2.38 bits per heavy atom. The second-order valence-corrected chi connectivity index (χ2v) is 7.99. The molecule has 0 bridgehead atoms. The molecule has 0 spiro atoms. The summed E-state index contributed by atoms with van der Waals surface area (Å²) < 4.78 is 1.90. The first kappa shape index (κ1) is 16.0. The fourth-order valence-corrected chi connectivity index (χ4v) is 4.88. The lowest BCUT2D eigenvalue weighted by Gasteiger charge is -2.40. The van der Waals surface area contributed by atoms with Gasteiger partial charge in [-0.05, 0) is 50.6 Å². The molecule has 2 aromatic rings. The van der Waals surface area contributed by atoms with E-state index in [1.807, 2.05) is 23.4 Å². The van der Waals surface area contributed by atoms with Crippen molar-refractivity contribution in [1.82, 2.24) is 24.9 Å². The highest BCUT2D eigenvalue weighted by Crippen LogP contribution is 2.34. The zero-order chi connectivity index (χ0) is 16.4. The number of aromatic nitrogens is 4. The SMILES string of the molecule is Cn1cc(CN2CCC(C3CCN(c4nncs4)CC3)CC2)cn1. The number of rotatable bonds is 4. The van der Waals surface area contributed by atoms with Gasteiger partial charge >= 0.3 is 0 Å². The number of piperidine rings is 2. The van der Waals surface area contributed by atoms with Gasteiger partial charge in [0.1, 0.15) is 5.51 Å². The Balaban J connectivity index is 1.23. The van der Waals surface area contributed by atoms with Gasteiger partial charge in [-0.2, -0.15) is 5.10 Å². The molecule has 0 N–H and O–H groups in total. The van der Waals surface area contributed by atoms with Crippen LogP contribution in [0.25, 0.3) is 0 Å². The standard InChI is InChI=1S/C17H26N6S/c1-21-11-14(10-19-21)12-22-6-2-15(3-7-22)16-4-8-23(9-5-16)17-20-18-13-24-17/h10-11,13,15-16H,2-9,12H2,1H3. The molecule has 0 radical (unpaired) electrons. The molecule has 0 atom stereocenters. The first-order chi connectivity index (χ1) is 11.8. The number of anilines is 1. The molecule has 2 fully saturated rings. The molecule has 0 saturated carbocycles. The predicted molar refractivity (Wildman–Crippen MR) is 96.1 cm³/mol. The van der Waals surface area contributed by atoms with Crippen LogP contribution in [0, 0.1) is 11.8 Å². The molecule has 24 heavy (non-hydrogen) atoms. The molecule has 6 nitrogen and oxygen atoms in total. The van der Waals surface area contributed by atoms with Crippen molar-refractivity contribution >= 4 is 16.5 Å². The minimum atomic E-state index is 0.898. The van der Waals surface area contributed by atoms with Gasteiger partial charge in [0.15, 0.2) is 0 Å². The lowest BCUT2D eigenvalue weighted by molar-refractivity contribution is 0.129. The molecule has 0 unspecified atom stereocenters. The van der Waals surface area contributed by atoms with Crippen molar-refractivity contribution in [2.45, 2.75) is 32.2 Å². The van der Waals surface area contributed by atoms with Crippen LogP contribution >= 0.6 is 11.3 Å². The highest BCUT2D eigenvalue weighted by atomic mass is 32.1. The molecule has 4 rings (SSSR count). The Bertz CT molecular complexity index is 623. The minimum Gasteiger partial charge on any atom is -0.347 e. The maximum Gasteiger partial charge on any atom is 0.208 e. The van der Waals surface area contributed by atoms with Crippen molar-refractivity contribution in [2.75, 3.05) is 31.1 Å². The van der Waals surface area contributed by atoms with Gasteiger partial charge < -0.3 is 4.90 Å². The molecule has 0 aliphatic carbocycles. The topological polar surface area (TPSA) is 50.1 Å². The van der Waals surface area contributed by atoms with E-state index in [4.69, 9.17) is 0 Å². The predicted octanol–water partition coefficient (Wildman–Crippen LogP) is 2.40. The summed E-state index contributed by atoms with van der Waals surface area (Å²) in [5, 5.41) is 13.5. The summed E-state index contributed by atoms with van der Waals surface area (Å²) in [7, 11) is 1.99. The maximum atomic E-state index is 4.28. The van der Waals surface area contributed by atoms with E-state index < -0.39 is 0 Å². The molecule has 2 aromatic heterocycles. The Labute approximate surface area is 147 Å². The Morgan fingerprint density at radius 1 is 1.08 bits per heavy atom. The van der Waals surface area contributed by atoms with Crippen LogP contribution < -0.4 is 4.90 Å². The number of likely N-dealkylation sites (tertiary alicyclic amines) is 1. The molecule has 0 amide bonds. The number of hydrogen-bond acceptors (Lipinski definition) is 6. The molecule has 4 heterocycles. The highest BCUT2D eigenvalue weighted by molar-refractivity contribution is 7.13. The van der Waals surface area contributed by atoms with Crippen LogP contribution in [-0.4, -0.2) is 51.1 Å². The fourth-order valence-electron chi connectivity index (χ4n) is 4.26. The van der Waals surface area contributed by atoms with Crippen molar-refractivity contribution in [3.05, 3.63) is 23.5 Å². The average molecular weight is 347 g/mol. The summed E-state index contributed by atoms with van der Waals surface area (Å²) in [5.41, 5.74) is 3.17. The Morgan fingerprint density at radius 2 is 1.79 bits per heavy atom.